The first-order chi connectivity index (χ1) is 14.6. The molecule has 3 rings (SSSR count). The summed E-state index contributed by atoms with van der Waals surface area (Å²) in [5.74, 6) is -0.183. The van der Waals surface area contributed by atoms with Gasteiger partial charge in [0.1, 0.15) is 17.8 Å². The maximum Gasteiger partial charge on any atom is 0.498 e. The smallest absolute Gasteiger partial charge is 0.374 e. The number of hydrogen-bond acceptors (Lipinski definition) is 7. The third-order valence-electron chi connectivity index (χ3n) is 4.66. The van der Waals surface area contributed by atoms with Crippen LogP contribution >= 0.6 is 0 Å². The number of azo groups is 1. The number of nitrogens with zero attached hydrogens (tertiary/aromatic N) is 8. The number of rotatable bonds is 4. The molecule has 2 aromatic rings. The molecule has 1 aliphatic rings. The summed E-state index contributed by atoms with van der Waals surface area (Å²) in [6.45, 7) is 0.614. The minimum atomic E-state index is -5.17. The lowest BCUT2D eigenvalue weighted by Gasteiger charge is -2.30. The second-order valence-corrected chi connectivity index (χ2v) is 7.41. The molecule has 1 unspecified atom stereocenters. The largest absolute Gasteiger partial charge is 0.498 e. The van der Waals surface area contributed by atoms with Crippen LogP contribution in [-0.2, 0) is 24.7 Å². The Balaban J connectivity index is 2.19. The lowest BCUT2D eigenvalue weighted by atomic mass is 10.0. The SMILES string of the molecule is CN1CCCc2cc(N=Nc3nc(C#N)c(C#N)n3C)c(N(S(=O)O)C(F)(F)F)cc21. The van der Waals surface area contributed by atoms with Gasteiger partial charge in [0, 0.05) is 26.3 Å². The van der Waals surface area contributed by atoms with Crippen molar-refractivity contribution in [1.82, 2.24) is 9.55 Å². The van der Waals surface area contributed by atoms with Crippen molar-refractivity contribution >= 4 is 34.3 Å². The fraction of sp³-hybridized carbons (Fsp3) is 0.353. The third-order valence-corrected chi connectivity index (χ3v) is 5.38. The Morgan fingerprint density at radius 1 is 1.26 bits per heavy atom. The molecule has 1 N–H and O–H groups in total. The second-order valence-electron chi connectivity index (χ2n) is 6.58. The van der Waals surface area contributed by atoms with Crippen LogP contribution in [0.1, 0.15) is 23.4 Å². The number of anilines is 2. The molecule has 14 heteroatoms. The van der Waals surface area contributed by atoms with Gasteiger partial charge in [0.05, 0.1) is 5.69 Å². The number of imidazole rings is 1. The highest BCUT2D eigenvalue weighted by Crippen LogP contribution is 2.42. The Morgan fingerprint density at radius 3 is 2.52 bits per heavy atom. The Labute approximate surface area is 177 Å². The van der Waals surface area contributed by atoms with Crippen LogP contribution in [0.5, 0.6) is 0 Å². The summed E-state index contributed by atoms with van der Waals surface area (Å²) in [5.41, 5.74) is -0.0895. The average molecular weight is 452 g/mol. The van der Waals surface area contributed by atoms with Crippen molar-refractivity contribution in [3.05, 3.63) is 29.1 Å². The molecule has 0 radical (unpaired) electrons. The molecule has 0 bridgehead atoms. The fourth-order valence-corrected chi connectivity index (χ4v) is 3.72. The first-order valence-electron chi connectivity index (χ1n) is 8.73. The lowest BCUT2D eigenvalue weighted by molar-refractivity contribution is -0.115. The Morgan fingerprint density at radius 2 is 1.97 bits per heavy atom. The molecule has 0 aliphatic carbocycles. The van der Waals surface area contributed by atoms with Gasteiger partial charge in [-0.3, -0.25) is 4.55 Å². The minimum Gasteiger partial charge on any atom is -0.374 e. The van der Waals surface area contributed by atoms with Gasteiger partial charge >= 0.3 is 6.30 Å². The van der Waals surface area contributed by atoms with Crippen molar-refractivity contribution < 1.29 is 21.9 Å². The van der Waals surface area contributed by atoms with Crippen molar-refractivity contribution in [3.63, 3.8) is 0 Å². The molecule has 1 aromatic heterocycles. The van der Waals surface area contributed by atoms with Crippen molar-refractivity contribution in [3.8, 4) is 12.1 Å². The fourth-order valence-electron chi connectivity index (χ4n) is 3.22. The number of hydrogen-bond donors (Lipinski definition) is 1. The van der Waals surface area contributed by atoms with Gasteiger partial charge in [-0.25, -0.2) is 4.21 Å². The van der Waals surface area contributed by atoms with Gasteiger partial charge in [-0.2, -0.15) is 19.8 Å². The average Bonchev–Trinajstić information content (AvgIpc) is 3.00. The van der Waals surface area contributed by atoms with Crippen LogP contribution in [0, 0.1) is 22.7 Å². The van der Waals surface area contributed by atoms with E-state index in [9.17, 15) is 21.9 Å². The van der Waals surface area contributed by atoms with Gasteiger partial charge in [0.2, 0.25) is 0 Å². The van der Waals surface area contributed by atoms with Crippen LogP contribution in [0.4, 0.5) is 36.2 Å². The molecule has 0 spiro atoms. The lowest BCUT2D eigenvalue weighted by Crippen LogP contribution is -2.39. The summed E-state index contributed by atoms with van der Waals surface area (Å²) < 4.78 is 62.0. The summed E-state index contributed by atoms with van der Waals surface area (Å²) in [5, 5.41) is 25.8. The predicted octanol–water partition coefficient (Wildman–Crippen LogP) is 3.42. The molecule has 10 nitrogen and oxygen atoms in total. The Hall–Kier alpha value is -3.49. The highest BCUT2D eigenvalue weighted by molar-refractivity contribution is 7.80. The predicted molar refractivity (Wildman–Crippen MR) is 104 cm³/mol. The molecule has 0 amide bonds. The molecule has 0 fully saturated rings. The maximum absolute atomic E-state index is 13.5. The number of aryl methyl sites for hydroxylation is 1. The van der Waals surface area contributed by atoms with Crippen molar-refractivity contribution in [2.24, 2.45) is 17.3 Å². The maximum atomic E-state index is 13.5. The topological polar surface area (TPSA) is 134 Å². The molecule has 0 saturated heterocycles. The highest BCUT2D eigenvalue weighted by atomic mass is 32.2. The van der Waals surface area contributed by atoms with E-state index in [1.807, 2.05) is 0 Å². The van der Waals surface area contributed by atoms with Gasteiger partial charge in [-0.15, -0.1) is 23.4 Å². The Bertz CT molecular complexity index is 1160. The molecule has 162 valence electrons. The first-order valence-corrected chi connectivity index (χ1v) is 9.79. The number of halogens is 3. The van der Waals surface area contributed by atoms with Crippen LogP contribution in [0.15, 0.2) is 22.4 Å². The van der Waals surface area contributed by atoms with Gasteiger partial charge in [0.15, 0.2) is 11.4 Å². The summed E-state index contributed by atoms with van der Waals surface area (Å²) in [4.78, 5) is 5.58. The number of fused-ring (bicyclic) bond motifs is 1. The van der Waals surface area contributed by atoms with E-state index in [0.29, 0.717) is 24.2 Å². The number of aromatic nitrogens is 2. The van der Waals surface area contributed by atoms with E-state index < -0.39 is 27.6 Å². The van der Waals surface area contributed by atoms with Crippen molar-refractivity contribution in [1.29, 1.82) is 10.5 Å². The molecule has 1 atom stereocenters. The van der Waals surface area contributed by atoms with Crippen LogP contribution in [0.2, 0.25) is 0 Å². The van der Waals surface area contributed by atoms with Crippen LogP contribution in [0.3, 0.4) is 0 Å². The molecular weight excluding hydrogens is 437 g/mol. The van der Waals surface area contributed by atoms with E-state index in [4.69, 9.17) is 10.5 Å². The quantitative estimate of drug-likeness (QED) is 0.429. The van der Waals surface area contributed by atoms with E-state index in [1.165, 1.54) is 17.7 Å². The molecule has 0 saturated carbocycles. The highest BCUT2D eigenvalue weighted by Gasteiger charge is 2.43. The number of nitriles is 2. The van der Waals surface area contributed by atoms with Crippen LogP contribution in [-0.4, -0.2) is 38.2 Å². The first kappa shape index (κ1) is 22.2. The van der Waals surface area contributed by atoms with Crippen molar-refractivity contribution in [2.75, 3.05) is 22.8 Å². The van der Waals surface area contributed by atoms with Gasteiger partial charge < -0.3 is 9.47 Å². The second kappa shape index (κ2) is 8.33. The van der Waals surface area contributed by atoms with E-state index in [1.54, 1.807) is 24.1 Å². The minimum absolute atomic E-state index is 0.0860. The summed E-state index contributed by atoms with van der Waals surface area (Å²) in [6.07, 6.45) is -3.82. The third kappa shape index (κ3) is 4.21. The molecule has 1 aromatic carbocycles. The van der Waals surface area contributed by atoms with Gasteiger partial charge in [-0.05, 0) is 30.5 Å². The molecule has 1 aliphatic heterocycles. The summed E-state index contributed by atoms with van der Waals surface area (Å²) >= 11 is -3.42. The standard InChI is InChI=1S/C17H15F3N8O2S/c1-26-5-3-4-10-6-11(14(7-13(10)26)28(31(29)30)17(18,19)20)24-25-16-23-12(8-21)15(9-22)27(16)2/h6-7H,3-5H2,1-2H3,(H,29,30). The number of alkyl halides is 3. The van der Waals surface area contributed by atoms with E-state index >= 15 is 0 Å². The summed E-state index contributed by atoms with van der Waals surface area (Å²) in [6, 6.07) is 6.02. The molecular formula is C17H15F3N8O2S. The van der Waals surface area contributed by atoms with E-state index in [0.717, 1.165) is 12.5 Å². The zero-order chi connectivity index (χ0) is 22.9. The zero-order valence-corrected chi connectivity index (χ0v) is 17.1. The van der Waals surface area contributed by atoms with Crippen LogP contribution < -0.4 is 9.21 Å². The molecule has 2 heterocycles. The van der Waals surface area contributed by atoms with Gasteiger partial charge in [0.25, 0.3) is 17.2 Å². The Kier molecular flexibility index (Phi) is 5.97. The number of benzene rings is 1. The van der Waals surface area contributed by atoms with Crippen molar-refractivity contribution in [2.45, 2.75) is 19.1 Å². The summed E-state index contributed by atoms with van der Waals surface area (Å²) in [7, 11) is 3.10. The monoisotopic (exact) mass is 452 g/mol. The van der Waals surface area contributed by atoms with Gasteiger partial charge in [-0.1, -0.05) is 0 Å². The molecule has 31 heavy (non-hydrogen) atoms. The van der Waals surface area contributed by atoms with E-state index in [2.05, 4.69) is 15.2 Å². The normalized spacial score (nSPS) is 14.8. The van der Waals surface area contributed by atoms with E-state index in [-0.39, 0.29) is 23.0 Å². The zero-order valence-electron chi connectivity index (χ0n) is 16.3. The van der Waals surface area contributed by atoms with Crippen LogP contribution in [0.25, 0.3) is 0 Å².